The van der Waals surface area contributed by atoms with E-state index < -0.39 is 18.0 Å². The normalized spacial score (nSPS) is 18.5. The highest BCUT2D eigenvalue weighted by Gasteiger charge is 2.33. The van der Waals surface area contributed by atoms with Gasteiger partial charge in [-0.25, -0.2) is 9.18 Å². The predicted molar refractivity (Wildman–Crippen MR) is 115 cm³/mol. The number of aromatic nitrogens is 1. The number of halogens is 1. The quantitative estimate of drug-likeness (QED) is 0.497. The van der Waals surface area contributed by atoms with Crippen molar-refractivity contribution in [2.45, 2.75) is 6.10 Å². The molecule has 0 aliphatic carbocycles. The van der Waals surface area contributed by atoms with Crippen LogP contribution in [0.25, 0.3) is 0 Å². The summed E-state index contributed by atoms with van der Waals surface area (Å²) in [5, 5.41) is 3.64. The number of benzene rings is 1. The van der Waals surface area contributed by atoms with E-state index in [-0.39, 0.29) is 18.9 Å². The summed E-state index contributed by atoms with van der Waals surface area (Å²) in [6, 6.07) is 9.65. The maximum absolute atomic E-state index is 15.0. The Morgan fingerprint density at radius 1 is 1.12 bits per heavy atom. The van der Waals surface area contributed by atoms with Gasteiger partial charge < -0.3 is 28.2 Å². The third-order valence-electron chi connectivity index (χ3n) is 5.61. The molecule has 1 atom stereocenters. The van der Waals surface area contributed by atoms with Crippen LogP contribution in [0, 0.1) is 5.82 Å². The van der Waals surface area contributed by atoms with Gasteiger partial charge >= 0.3 is 6.09 Å². The lowest BCUT2D eigenvalue weighted by molar-refractivity contribution is 0.101. The summed E-state index contributed by atoms with van der Waals surface area (Å²) in [5.74, 6) is 0.789. The van der Waals surface area contributed by atoms with E-state index in [1.54, 1.807) is 30.3 Å². The fraction of sp³-hybridized carbons (Fsp3) is 0.318. The number of piperazine rings is 1. The van der Waals surface area contributed by atoms with Gasteiger partial charge in [-0.2, -0.15) is 0 Å². The molecule has 172 valence electrons. The summed E-state index contributed by atoms with van der Waals surface area (Å²) in [4.78, 5) is 28.4. The van der Waals surface area contributed by atoms with Crippen molar-refractivity contribution >= 4 is 29.6 Å². The zero-order valence-corrected chi connectivity index (χ0v) is 17.6. The molecule has 0 bridgehead atoms. The van der Waals surface area contributed by atoms with Crippen molar-refractivity contribution in [1.29, 1.82) is 0 Å². The van der Waals surface area contributed by atoms with Gasteiger partial charge in [0.05, 0.1) is 17.9 Å². The first kappa shape index (κ1) is 20.9. The van der Waals surface area contributed by atoms with Crippen molar-refractivity contribution in [3.05, 3.63) is 54.2 Å². The third-order valence-corrected chi connectivity index (χ3v) is 5.61. The van der Waals surface area contributed by atoms with Crippen molar-refractivity contribution in [3.8, 4) is 5.88 Å². The molecular weight excluding hydrogens is 435 g/mol. The van der Waals surface area contributed by atoms with Crippen molar-refractivity contribution in [2.24, 2.45) is 0 Å². The van der Waals surface area contributed by atoms with Crippen molar-refractivity contribution in [1.82, 2.24) is 5.16 Å². The van der Waals surface area contributed by atoms with Gasteiger partial charge in [0, 0.05) is 38.3 Å². The number of furan rings is 1. The Morgan fingerprint density at radius 2 is 1.94 bits per heavy atom. The van der Waals surface area contributed by atoms with E-state index in [0.29, 0.717) is 55.6 Å². The lowest BCUT2D eigenvalue weighted by Crippen LogP contribution is -2.46. The van der Waals surface area contributed by atoms with Gasteiger partial charge in [0.15, 0.2) is 24.0 Å². The van der Waals surface area contributed by atoms with Crippen LogP contribution < -0.4 is 19.4 Å². The Bertz CT molecular complexity index is 1130. The van der Waals surface area contributed by atoms with Crippen molar-refractivity contribution in [2.75, 3.05) is 54.0 Å². The van der Waals surface area contributed by atoms with Crippen molar-refractivity contribution < 1.29 is 32.4 Å². The van der Waals surface area contributed by atoms with Gasteiger partial charge in [-0.15, -0.1) is 0 Å². The molecule has 2 saturated heterocycles. The predicted octanol–water partition coefficient (Wildman–Crippen LogP) is 2.95. The Balaban J connectivity index is 1.20. The van der Waals surface area contributed by atoms with E-state index >= 15 is 0 Å². The number of ether oxygens (including phenoxy) is 2. The molecule has 10 nitrogen and oxygen atoms in total. The number of amides is 1. The minimum absolute atomic E-state index is 0.115. The maximum Gasteiger partial charge on any atom is 0.414 e. The number of aldehydes is 1. The number of rotatable bonds is 7. The first-order chi connectivity index (χ1) is 16.1. The van der Waals surface area contributed by atoms with E-state index in [0.717, 1.165) is 0 Å². The molecule has 11 heteroatoms. The number of hydrogen-bond donors (Lipinski definition) is 0. The molecule has 5 rings (SSSR count). The van der Waals surface area contributed by atoms with Crippen LogP contribution in [0.1, 0.15) is 10.6 Å². The second kappa shape index (κ2) is 8.85. The fourth-order valence-corrected chi connectivity index (χ4v) is 3.94. The van der Waals surface area contributed by atoms with E-state index in [1.165, 1.54) is 17.2 Å². The minimum Gasteiger partial charge on any atom is -0.471 e. The highest BCUT2D eigenvalue weighted by Crippen LogP contribution is 2.29. The van der Waals surface area contributed by atoms with Crippen LogP contribution in [0.4, 0.5) is 26.4 Å². The molecule has 1 aromatic carbocycles. The molecule has 2 aliphatic heterocycles. The molecule has 1 unspecified atom stereocenters. The van der Waals surface area contributed by atoms with Gasteiger partial charge in [0.1, 0.15) is 18.7 Å². The fourth-order valence-electron chi connectivity index (χ4n) is 3.94. The molecule has 4 heterocycles. The van der Waals surface area contributed by atoms with Crippen LogP contribution in [0.3, 0.4) is 0 Å². The summed E-state index contributed by atoms with van der Waals surface area (Å²) < 4.78 is 35.9. The molecule has 3 aromatic rings. The van der Waals surface area contributed by atoms with E-state index in [2.05, 4.69) is 5.16 Å². The van der Waals surface area contributed by atoms with Crippen LogP contribution in [-0.4, -0.2) is 63.0 Å². The van der Waals surface area contributed by atoms with Crippen LogP contribution >= 0.6 is 0 Å². The summed E-state index contributed by atoms with van der Waals surface area (Å²) in [5.41, 5.74) is 0.880. The largest absolute Gasteiger partial charge is 0.471 e. The number of hydrogen-bond acceptors (Lipinski definition) is 9. The summed E-state index contributed by atoms with van der Waals surface area (Å²) in [6.07, 6.45) is 0.982. The van der Waals surface area contributed by atoms with E-state index in [4.69, 9.17) is 18.4 Å². The molecule has 0 spiro atoms. The summed E-state index contributed by atoms with van der Waals surface area (Å²) in [7, 11) is 0. The number of carbonyl (C=O) groups is 2. The monoisotopic (exact) mass is 456 g/mol. The zero-order valence-electron chi connectivity index (χ0n) is 17.6. The SMILES string of the molecule is O=Cc1ccc(N2CCN(c3ccc(N4CC(COc5ccon5)OC4=O)cc3F)CC2)o1. The van der Waals surface area contributed by atoms with Crippen molar-refractivity contribution in [3.63, 3.8) is 0 Å². The second-order valence-electron chi connectivity index (χ2n) is 7.67. The lowest BCUT2D eigenvalue weighted by atomic mass is 10.2. The van der Waals surface area contributed by atoms with Crippen LogP contribution in [0.2, 0.25) is 0 Å². The third kappa shape index (κ3) is 4.34. The lowest BCUT2D eigenvalue weighted by Gasteiger charge is -2.36. The first-order valence-corrected chi connectivity index (χ1v) is 10.5. The van der Waals surface area contributed by atoms with Crippen LogP contribution in [0.15, 0.2) is 51.6 Å². The number of nitrogens with zero attached hydrogens (tertiary/aromatic N) is 4. The smallest absolute Gasteiger partial charge is 0.414 e. The topological polar surface area (TPSA) is 101 Å². The van der Waals surface area contributed by atoms with Crippen LogP contribution in [0.5, 0.6) is 5.88 Å². The van der Waals surface area contributed by atoms with Gasteiger partial charge in [0.2, 0.25) is 0 Å². The molecule has 0 radical (unpaired) electrons. The molecule has 0 saturated carbocycles. The molecule has 33 heavy (non-hydrogen) atoms. The summed E-state index contributed by atoms with van der Waals surface area (Å²) in [6.45, 7) is 2.77. The van der Waals surface area contributed by atoms with Crippen LogP contribution in [-0.2, 0) is 4.74 Å². The zero-order chi connectivity index (χ0) is 22.8. The molecule has 2 aromatic heterocycles. The van der Waals surface area contributed by atoms with E-state index in [1.807, 2.05) is 9.80 Å². The molecule has 2 aliphatic rings. The highest BCUT2D eigenvalue weighted by molar-refractivity contribution is 5.90. The summed E-state index contributed by atoms with van der Waals surface area (Å²) >= 11 is 0. The maximum atomic E-state index is 15.0. The average Bonchev–Trinajstić information content (AvgIpc) is 3.59. The number of cyclic esters (lactones) is 1. The molecule has 2 fully saturated rings. The first-order valence-electron chi connectivity index (χ1n) is 10.5. The highest BCUT2D eigenvalue weighted by atomic mass is 19.1. The minimum atomic E-state index is -0.558. The second-order valence-corrected chi connectivity index (χ2v) is 7.67. The average molecular weight is 456 g/mol. The molecule has 0 N–H and O–H groups in total. The Labute approximate surface area is 188 Å². The van der Waals surface area contributed by atoms with Gasteiger partial charge in [0.25, 0.3) is 5.88 Å². The van der Waals surface area contributed by atoms with Gasteiger partial charge in [-0.3, -0.25) is 9.69 Å². The molecular formula is C22H21FN4O6. The Kier molecular flexibility index (Phi) is 5.59. The Hall–Kier alpha value is -4.02. The Morgan fingerprint density at radius 3 is 2.64 bits per heavy atom. The number of anilines is 3. The molecule has 1 amide bonds. The van der Waals surface area contributed by atoms with Gasteiger partial charge in [-0.1, -0.05) is 0 Å². The van der Waals surface area contributed by atoms with Gasteiger partial charge in [-0.05, 0) is 29.4 Å². The van der Waals surface area contributed by atoms with E-state index in [9.17, 15) is 14.0 Å². The number of carbonyl (C=O) groups excluding carboxylic acids is 2. The standard InChI is InChI=1S/C22H21FN4O6/c23-18-11-15(27-12-17(33-22(27)29)14-30-20-5-10-31-24-20)1-3-19(18)25-6-8-26(9-7-25)21-4-2-16(13-28)32-21/h1-5,10-11,13,17H,6-9,12,14H2.